The zero-order valence-electron chi connectivity index (χ0n) is 15.7. The van der Waals surface area contributed by atoms with Crippen LogP contribution in [-0.2, 0) is 16.0 Å². The Hall–Kier alpha value is -1.95. The zero-order chi connectivity index (χ0) is 18.4. The molecule has 3 rings (SSSR count). The topological polar surface area (TPSA) is 65.5 Å². The summed E-state index contributed by atoms with van der Waals surface area (Å²) in [5.74, 6) is 0.308. The minimum Gasteiger partial charge on any atom is -0.355 e. The third kappa shape index (κ3) is 5.04. The van der Waals surface area contributed by atoms with Crippen LogP contribution in [0.3, 0.4) is 0 Å². The van der Waals surface area contributed by atoms with E-state index in [0.717, 1.165) is 51.3 Å². The summed E-state index contributed by atoms with van der Waals surface area (Å²) < 4.78 is 0. The first-order valence-electron chi connectivity index (χ1n) is 9.71. The maximum absolute atomic E-state index is 12.4. The first-order valence-corrected chi connectivity index (χ1v) is 9.71. The molecule has 142 valence electrons. The average Bonchev–Trinajstić information content (AvgIpc) is 2.64. The molecule has 0 radical (unpaired) electrons. The molecule has 2 aliphatic heterocycles. The lowest BCUT2D eigenvalue weighted by molar-refractivity contribution is -0.139. The molecule has 0 bridgehead atoms. The molecule has 1 atom stereocenters. The van der Waals surface area contributed by atoms with Gasteiger partial charge in [-0.05, 0) is 37.9 Å². The van der Waals surface area contributed by atoms with Crippen LogP contribution in [0.1, 0.15) is 38.3 Å². The van der Waals surface area contributed by atoms with Crippen LogP contribution in [0.15, 0.2) is 24.4 Å². The summed E-state index contributed by atoms with van der Waals surface area (Å²) in [4.78, 5) is 32.4. The van der Waals surface area contributed by atoms with Crippen LogP contribution < -0.4 is 5.32 Å². The lowest BCUT2D eigenvalue weighted by atomic mass is 9.73. The molecule has 1 spiro atoms. The molecule has 2 fully saturated rings. The Morgan fingerprint density at radius 2 is 2.15 bits per heavy atom. The molecule has 0 unspecified atom stereocenters. The minimum atomic E-state index is 0.0284. The van der Waals surface area contributed by atoms with Crippen LogP contribution in [0.4, 0.5) is 0 Å². The lowest BCUT2D eigenvalue weighted by Crippen LogP contribution is -2.55. The molecule has 6 heteroatoms. The van der Waals surface area contributed by atoms with Gasteiger partial charge < -0.3 is 15.1 Å². The van der Waals surface area contributed by atoms with Gasteiger partial charge in [-0.25, -0.2) is 0 Å². The van der Waals surface area contributed by atoms with Gasteiger partial charge in [-0.3, -0.25) is 14.6 Å². The predicted octanol–water partition coefficient (Wildman–Crippen LogP) is 1.46. The molecule has 2 saturated heterocycles. The largest absolute Gasteiger partial charge is 0.355 e. The van der Waals surface area contributed by atoms with Crippen LogP contribution in [0.25, 0.3) is 0 Å². The van der Waals surface area contributed by atoms with Gasteiger partial charge in [0, 0.05) is 69.8 Å². The summed E-state index contributed by atoms with van der Waals surface area (Å²) in [5, 5.41) is 2.89. The van der Waals surface area contributed by atoms with Gasteiger partial charge in [-0.15, -0.1) is 0 Å². The number of carbonyl (C=O) groups is 2. The maximum atomic E-state index is 12.4. The van der Waals surface area contributed by atoms with Gasteiger partial charge in [0.1, 0.15) is 0 Å². The van der Waals surface area contributed by atoms with E-state index in [2.05, 4.69) is 20.1 Å². The molecule has 3 heterocycles. The van der Waals surface area contributed by atoms with Gasteiger partial charge in [0.15, 0.2) is 0 Å². The number of rotatable bonds is 6. The number of amides is 2. The van der Waals surface area contributed by atoms with E-state index in [-0.39, 0.29) is 17.2 Å². The van der Waals surface area contributed by atoms with E-state index in [1.165, 1.54) is 12.8 Å². The second-order valence-electron chi connectivity index (χ2n) is 7.75. The van der Waals surface area contributed by atoms with Crippen molar-refractivity contribution in [1.82, 2.24) is 20.1 Å². The van der Waals surface area contributed by atoms with E-state index >= 15 is 0 Å². The van der Waals surface area contributed by atoms with Gasteiger partial charge in [-0.2, -0.15) is 0 Å². The number of nitrogens with one attached hydrogen (secondary N) is 1. The molecule has 26 heavy (non-hydrogen) atoms. The highest BCUT2D eigenvalue weighted by Crippen LogP contribution is 2.38. The summed E-state index contributed by atoms with van der Waals surface area (Å²) in [7, 11) is 0. The number of nitrogens with zero attached hydrogens (tertiary/aromatic N) is 3. The van der Waals surface area contributed by atoms with E-state index in [1.54, 1.807) is 6.92 Å². The fraction of sp³-hybridized carbons (Fsp3) is 0.650. The number of hydrogen-bond acceptors (Lipinski definition) is 4. The molecule has 1 aromatic heterocycles. The number of piperidine rings is 2. The van der Waals surface area contributed by atoms with E-state index in [9.17, 15) is 9.59 Å². The van der Waals surface area contributed by atoms with Crippen molar-refractivity contribution in [2.75, 3.05) is 39.3 Å². The SMILES string of the molecule is CC(=O)NCCN1CCC[C@]2(CCC(=O)N(CCc3ccccn3)C2)C1. The van der Waals surface area contributed by atoms with Gasteiger partial charge in [0.05, 0.1) is 0 Å². The van der Waals surface area contributed by atoms with E-state index in [1.807, 2.05) is 24.4 Å². The highest BCUT2D eigenvalue weighted by atomic mass is 16.2. The monoisotopic (exact) mass is 358 g/mol. The first kappa shape index (κ1) is 18.8. The van der Waals surface area contributed by atoms with Crippen molar-refractivity contribution in [1.29, 1.82) is 0 Å². The number of pyridine rings is 1. The molecular formula is C20H30N4O2. The van der Waals surface area contributed by atoms with Crippen LogP contribution in [0.2, 0.25) is 0 Å². The zero-order valence-corrected chi connectivity index (χ0v) is 15.7. The van der Waals surface area contributed by atoms with Crippen LogP contribution in [0, 0.1) is 5.41 Å². The molecule has 0 saturated carbocycles. The Labute approximate surface area is 156 Å². The first-order chi connectivity index (χ1) is 12.6. The smallest absolute Gasteiger partial charge is 0.222 e. The fourth-order valence-electron chi connectivity index (χ4n) is 4.33. The summed E-state index contributed by atoms with van der Waals surface area (Å²) >= 11 is 0. The quantitative estimate of drug-likeness (QED) is 0.836. The molecule has 0 aromatic carbocycles. The van der Waals surface area contributed by atoms with E-state index < -0.39 is 0 Å². The summed E-state index contributed by atoms with van der Waals surface area (Å²) in [6.07, 6.45) is 6.63. The summed E-state index contributed by atoms with van der Waals surface area (Å²) in [5.41, 5.74) is 1.26. The molecule has 2 aliphatic rings. The van der Waals surface area contributed by atoms with Gasteiger partial charge in [0.25, 0.3) is 0 Å². The van der Waals surface area contributed by atoms with Gasteiger partial charge in [-0.1, -0.05) is 6.07 Å². The summed E-state index contributed by atoms with van der Waals surface area (Å²) in [6, 6.07) is 5.94. The maximum Gasteiger partial charge on any atom is 0.222 e. The number of aromatic nitrogens is 1. The highest BCUT2D eigenvalue weighted by molar-refractivity contribution is 5.77. The van der Waals surface area contributed by atoms with Crippen molar-refractivity contribution in [3.63, 3.8) is 0 Å². The minimum absolute atomic E-state index is 0.0284. The number of carbonyl (C=O) groups excluding carboxylic acids is 2. The van der Waals surface area contributed by atoms with Crippen LogP contribution in [0.5, 0.6) is 0 Å². The van der Waals surface area contributed by atoms with E-state index in [0.29, 0.717) is 13.0 Å². The molecule has 1 aromatic rings. The fourth-order valence-corrected chi connectivity index (χ4v) is 4.33. The van der Waals surface area contributed by atoms with Crippen molar-refractivity contribution in [3.8, 4) is 0 Å². The van der Waals surface area contributed by atoms with Crippen molar-refractivity contribution >= 4 is 11.8 Å². The Kier molecular flexibility index (Phi) is 6.25. The van der Waals surface area contributed by atoms with Crippen LogP contribution >= 0.6 is 0 Å². The van der Waals surface area contributed by atoms with Crippen molar-refractivity contribution in [2.45, 2.75) is 39.0 Å². The number of hydrogen-bond donors (Lipinski definition) is 1. The van der Waals surface area contributed by atoms with Crippen LogP contribution in [-0.4, -0.2) is 65.9 Å². The Bertz CT molecular complexity index is 621. The molecule has 2 amide bonds. The second-order valence-corrected chi connectivity index (χ2v) is 7.75. The van der Waals surface area contributed by atoms with Gasteiger partial charge in [0.2, 0.25) is 11.8 Å². The van der Waals surface area contributed by atoms with Crippen molar-refractivity contribution in [2.24, 2.45) is 5.41 Å². The Morgan fingerprint density at radius 1 is 1.27 bits per heavy atom. The van der Waals surface area contributed by atoms with Crippen molar-refractivity contribution < 1.29 is 9.59 Å². The molecule has 1 N–H and O–H groups in total. The normalized spacial score (nSPS) is 24.0. The molecule has 6 nitrogen and oxygen atoms in total. The standard InChI is InChI=1S/C20H30N4O2/c1-17(25)21-11-14-23-12-4-8-20(15-23)9-6-19(26)24(16-20)13-7-18-5-2-3-10-22-18/h2-3,5,10H,4,6-9,11-16H2,1H3,(H,21,25)/t20-/m0/s1. The third-order valence-corrected chi connectivity index (χ3v) is 5.65. The highest BCUT2D eigenvalue weighted by Gasteiger charge is 2.41. The van der Waals surface area contributed by atoms with Gasteiger partial charge >= 0.3 is 0 Å². The van der Waals surface area contributed by atoms with Crippen molar-refractivity contribution in [3.05, 3.63) is 30.1 Å². The number of likely N-dealkylation sites (tertiary alicyclic amines) is 2. The van der Waals surface area contributed by atoms with E-state index in [4.69, 9.17) is 0 Å². The summed E-state index contributed by atoms with van der Waals surface area (Å²) in [6.45, 7) is 6.88. The predicted molar refractivity (Wildman–Crippen MR) is 101 cm³/mol. The average molecular weight is 358 g/mol. The third-order valence-electron chi connectivity index (χ3n) is 5.65. The lowest BCUT2D eigenvalue weighted by Gasteiger charge is -2.48. The molecular weight excluding hydrogens is 328 g/mol. The second kappa shape index (κ2) is 8.62. The Morgan fingerprint density at radius 3 is 2.92 bits per heavy atom. The Balaban J connectivity index is 1.55. The molecule has 0 aliphatic carbocycles.